The van der Waals surface area contributed by atoms with Gasteiger partial charge in [0.25, 0.3) is 0 Å². The number of sulfone groups is 1. The molecule has 278 valence electrons. The van der Waals surface area contributed by atoms with E-state index in [1.165, 1.54) is 68.6 Å². The van der Waals surface area contributed by atoms with Gasteiger partial charge in [0, 0.05) is 30.7 Å². The molecule has 4 aromatic rings. The van der Waals surface area contributed by atoms with Gasteiger partial charge >= 0.3 is 23.8 Å². The molecular weight excluding hydrogens is 709 g/mol. The Kier molecular flexibility index (Phi) is 11.9. The molecule has 0 spiro atoms. The van der Waals surface area contributed by atoms with Crippen molar-refractivity contribution in [3.05, 3.63) is 78.0 Å². The van der Waals surface area contributed by atoms with E-state index in [2.05, 4.69) is 15.6 Å². The molecule has 1 heterocycles. The number of nitrogens with one attached hydrogen (secondary N) is 2. The van der Waals surface area contributed by atoms with E-state index >= 15 is 0 Å². The highest BCUT2D eigenvalue weighted by atomic mass is 32.2. The van der Waals surface area contributed by atoms with Gasteiger partial charge in [-0.05, 0) is 92.4 Å². The predicted molar refractivity (Wildman–Crippen MR) is 184 cm³/mol. The number of alkyl halides is 3. The van der Waals surface area contributed by atoms with Crippen molar-refractivity contribution in [2.45, 2.75) is 64.1 Å². The van der Waals surface area contributed by atoms with Crippen LogP contribution in [-0.2, 0) is 41.3 Å². The number of nitrogens with zero attached hydrogens (tertiary/aromatic N) is 1. The third kappa shape index (κ3) is 9.01. The summed E-state index contributed by atoms with van der Waals surface area (Å²) in [7, 11) is -3.92. The highest BCUT2D eigenvalue weighted by Crippen LogP contribution is 2.39. The zero-order valence-corrected chi connectivity index (χ0v) is 29.6. The SMILES string of the molecule is CCOc1cc(C(OC(=O)C(F)(F)F)(Oc2ccc3c(N)nccc3c2)C(=O)NCc2cc(NC(C)=O)ccc2S(=O)(=O)CC)ccc1OC(C)C. The van der Waals surface area contributed by atoms with Crippen LogP contribution in [0.15, 0.2) is 71.8 Å². The quantitative estimate of drug-likeness (QED) is 0.111. The first kappa shape index (κ1) is 39.2. The van der Waals surface area contributed by atoms with Gasteiger partial charge in [-0.1, -0.05) is 6.92 Å². The zero-order chi connectivity index (χ0) is 38.4. The maximum absolute atomic E-state index is 14.4. The summed E-state index contributed by atoms with van der Waals surface area (Å²) in [6.45, 7) is 7.15. The zero-order valence-electron chi connectivity index (χ0n) is 28.8. The Labute approximate surface area is 297 Å². The fourth-order valence-electron chi connectivity index (χ4n) is 5.04. The Balaban J connectivity index is 1.95. The normalized spacial score (nSPS) is 12.9. The van der Waals surface area contributed by atoms with Crippen LogP contribution >= 0.6 is 0 Å². The van der Waals surface area contributed by atoms with Gasteiger partial charge in [-0.2, -0.15) is 13.2 Å². The Morgan fingerprint density at radius 3 is 2.33 bits per heavy atom. The lowest BCUT2D eigenvalue weighted by atomic mass is 10.0. The Morgan fingerprint density at radius 2 is 1.69 bits per heavy atom. The molecular formula is C35H37F3N4O9S. The van der Waals surface area contributed by atoms with Crippen molar-refractivity contribution in [1.82, 2.24) is 10.3 Å². The van der Waals surface area contributed by atoms with Gasteiger partial charge in [-0.15, -0.1) is 0 Å². The van der Waals surface area contributed by atoms with Crippen LogP contribution in [-0.4, -0.2) is 55.8 Å². The Bertz CT molecular complexity index is 2090. The number of hydrogen-bond donors (Lipinski definition) is 3. The van der Waals surface area contributed by atoms with E-state index in [0.717, 1.165) is 12.1 Å². The minimum atomic E-state index is -5.60. The summed E-state index contributed by atoms with van der Waals surface area (Å²) in [5.41, 5.74) is 5.67. The van der Waals surface area contributed by atoms with Crippen LogP contribution in [0.4, 0.5) is 24.7 Å². The van der Waals surface area contributed by atoms with E-state index in [9.17, 15) is 36.0 Å². The first-order valence-corrected chi connectivity index (χ1v) is 17.5. The molecule has 4 rings (SSSR count). The van der Waals surface area contributed by atoms with Gasteiger partial charge < -0.3 is 35.3 Å². The molecule has 2 amide bonds. The van der Waals surface area contributed by atoms with Gasteiger partial charge in [0.1, 0.15) is 11.6 Å². The molecule has 1 aromatic heterocycles. The molecule has 3 aromatic carbocycles. The number of pyridine rings is 1. The van der Waals surface area contributed by atoms with E-state index < -0.39 is 51.7 Å². The van der Waals surface area contributed by atoms with Crippen LogP contribution in [0.5, 0.6) is 17.2 Å². The average molecular weight is 747 g/mol. The molecule has 0 radical (unpaired) electrons. The minimum absolute atomic E-state index is 0.0192. The fourth-order valence-corrected chi connectivity index (χ4v) is 6.16. The highest BCUT2D eigenvalue weighted by Gasteiger charge is 2.54. The van der Waals surface area contributed by atoms with Crippen molar-refractivity contribution in [3.63, 3.8) is 0 Å². The number of carbonyl (C=O) groups is 3. The van der Waals surface area contributed by atoms with Crippen molar-refractivity contribution >= 4 is 49.9 Å². The summed E-state index contributed by atoms with van der Waals surface area (Å²) >= 11 is 0. The lowest BCUT2D eigenvalue weighted by Gasteiger charge is -2.33. The van der Waals surface area contributed by atoms with Crippen molar-refractivity contribution < 1.29 is 54.9 Å². The van der Waals surface area contributed by atoms with Crippen LogP contribution < -0.4 is 30.6 Å². The molecule has 0 saturated heterocycles. The molecule has 1 atom stereocenters. The third-order valence-electron chi connectivity index (χ3n) is 7.32. The van der Waals surface area contributed by atoms with Crippen molar-refractivity contribution in [3.8, 4) is 17.2 Å². The highest BCUT2D eigenvalue weighted by molar-refractivity contribution is 7.91. The van der Waals surface area contributed by atoms with Gasteiger partial charge in [0.15, 0.2) is 21.3 Å². The predicted octanol–water partition coefficient (Wildman–Crippen LogP) is 5.41. The molecule has 0 aliphatic heterocycles. The first-order chi connectivity index (χ1) is 24.4. The van der Waals surface area contributed by atoms with Gasteiger partial charge in [-0.3, -0.25) is 9.59 Å². The number of halogens is 3. The number of benzene rings is 3. The van der Waals surface area contributed by atoms with Gasteiger partial charge in [-0.25, -0.2) is 18.2 Å². The maximum Gasteiger partial charge on any atom is 0.491 e. The van der Waals surface area contributed by atoms with Crippen molar-refractivity contribution in [1.29, 1.82) is 0 Å². The molecule has 17 heteroatoms. The molecule has 13 nitrogen and oxygen atoms in total. The number of esters is 1. The molecule has 52 heavy (non-hydrogen) atoms. The molecule has 0 bridgehead atoms. The van der Waals surface area contributed by atoms with E-state index in [-0.39, 0.29) is 57.7 Å². The second kappa shape index (κ2) is 15.8. The van der Waals surface area contributed by atoms with E-state index in [0.29, 0.717) is 10.8 Å². The number of amides is 2. The van der Waals surface area contributed by atoms with Crippen LogP contribution in [0.25, 0.3) is 10.8 Å². The largest absolute Gasteiger partial charge is 0.491 e. The van der Waals surface area contributed by atoms with Gasteiger partial charge in [0.05, 0.1) is 28.9 Å². The topological polar surface area (TPSA) is 185 Å². The van der Waals surface area contributed by atoms with E-state index in [1.54, 1.807) is 20.8 Å². The smallest absolute Gasteiger partial charge is 0.490 e. The van der Waals surface area contributed by atoms with E-state index in [1.807, 2.05) is 0 Å². The lowest BCUT2D eigenvalue weighted by molar-refractivity contribution is -0.241. The summed E-state index contributed by atoms with van der Waals surface area (Å²) in [4.78, 5) is 42.6. The van der Waals surface area contributed by atoms with Crippen molar-refractivity contribution in [2.24, 2.45) is 0 Å². The Morgan fingerprint density at radius 1 is 0.962 bits per heavy atom. The van der Waals surface area contributed by atoms with Crippen LogP contribution in [0, 0.1) is 0 Å². The van der Waals surface area contributed by atoms with Crippen LogP contribution in [0.3, 0.4) is 0 Å². The number of carbonyl (C=O) groups excluding carboxylic acids is 3. The summed E-state index contributed by atoms with van der Waals surface area (Å²) < 4.78 is 90.3. The van der Waals surface area contributed by atoms with Crippen LogP contribution in [0.1, 0.15) is 45.7 Å². The second-order valence-corrected chi connectivity index (χ2v) is 13.8. The fraction of sp³-hybridized carbons (Fsp3) is 0.314. The molecule has 0 aliphatic carbocycles. The summed E-state index contributed by atoms with van der Waals surface area (Å²) in [6, 6.07) is 13.1. The summed E-state index contributed by atoms with van der Waals surface area (Å²) in [6.07, 6.45) is -4.58. The lowest BCUT2D eigenvalue weighted by Crippen LogP contribution is -2.53. The summed E-state index contributed by atoms with van der Waals surface area (Å²) in [5, 5.41) is 5.77. The van der Waals surface area contributed by atoms with Crippen molar-refractivity contribution in [2.75, 3.05) is 23.4 Å². The minimum Gasteiger partial charge on any atom is -0.490 e. The Hall–Kier alpha value is -5.58. The number of anilines is 2. The maximum atomic E-state index is 14.4. The summed E-state index contributed by atoms with van der Waals surface area (Å²) in [5.74, 6) is -8.21. The number of nitrogen functional groups attached to an aromatic ring is 1. The third-order valence-corrected chi connectivity index (χ3v) is 9.15. The average Bonchev–Trinajstić information content (AvgIpc) is 3.06. The number of hydrogen-bond acceptors (Lipinski definition) is 11. The molecule has 0 aliphatic rings. The number of aromatic nitrogens is 1. The number of nitrogens with two attached hydrogens (primary N) is 1. The molecule has 0 fully saturated rings. The number of ether oxygens (including phenoxy) is 4. The molecule has 4 N–H and O–H groups in total. The standard InChI is InChI=1S/C35H37F3N4O9S/c1-6-48-29-18-24(8-12-28(29)49-20(3)4)34(51-33(45)35(36,37)38,50-26-10-11-27-22(17-26)14-15-40-31(27)39)32(44)41-19-23-16-25(42-21(5)43)9-13-30(23)52(46,47)7-2/h8-18,20H,6-7,19H2,1-5H3,(H2,39,40)(H,41,44)(H,42,43). The van der Waals surface area contributed by atoms with Crippen LogP contribution in [0.2, 0.25) is 0 Å². The first-order valence-electron chi connectivity index (χ1n) is 15.9. The molecule has 0 saturated carbocycles. The monoisotopic (exact) mass is 746 g/mol. The second-order valence-electron chi connectivity index (χ2n) is 11.5. The number of fused-ring (bicyclic) bond motifs is 1. The van der Waals surface area contributed by atoms with Gasteiger partial charge in [0.2, 0.25) is 5.91 Å². The number of rotatable bonds is 14. The van der Waals surface area contributed by atoms with E-state index in [4.69, 9.17) is 24.7 Å². The molecule has 1 unspecified atom stereocenters.